The van der Waals surface area contributed by atoms with Gasteiger partial charge in [0.15, 0.2) is 5.11 Å². The van der Waals surface area contributed by atoms with Crippen LogP contribution in [-0.2, 0) is 6.54 Å². The molecule has 7 heteroatoms. The van der Waals surface area contributed by atoms with Crippen molar-refractivity contribution in [2.75, 3.05) is 6.61 Å². The maximum Gasteiger partial charge on any atom is 0.257 e. The van der Waals surface area contributed by atoms with Crippen molar-refractivity contribution in [2.24, 2.45) is 5.92 Å². The maximum atomic E-state index is 12.3. The van der Waals surface area contributed by atoms with Gasteiger partial charge >= 0.3 is 0 Å². The quantitative estimate of drug-likeness (QED) is 0.606. The number of nitrogens with one attached hydrogen (secondary N) is 2. The van der Waals surface area contributed by atoms with Crippen LogP contribution in [-0.4, -0.2) is 17.6 Å². The lowest BCUT2D eigenvalue weighted by molar-refractivity contribution is 0.0976. The van der Waals surface area contributed by atoms with E-state index >= 15 is 0 Å². The van der Waals surface area contributed by atoms with E-state index in [2.05, 4.69) is 40.4 Å². The van der Waals surface area contributed by atoms with Crippen molar-refractivity contribution in [3.8, 4) is 5.75 Å². The van der Waals surface area contributed by atoms with Crippen molar-refractivity contribution in [3.05, 3.63) is 63.1 Å². The molecule has 2 N–H and O–H groups in total. The van der Waals surface area contributed by atoms with Crippen LogP contribution in [0.5, 0.6) is 5.75 Å². The second-order valence-electron chi connectivity index (χ2n) is 6.08. The SMILES string of the molecule is CC(C)COc1ccc(C(=O)NC(=S)NCc2ccccc2Cl)cc1Br. The Morgan fingerprint density at radius 2 is 2.00 bits per heavy atom. The molecule has 0 atom stereocenters. The highest BCUT2D eigenvalue weighted by Crippen LogP contribution is 2.26. The third-order valence-electron chi connectivity index (χ3n) is 3.39. The molecule has 1 amide bonds. The molecule has 138 valence electrons. The Hall–Kier alpha value is -1.63. The van der Waals surface area contributed by atoms with Crippen LogP contribution in [0.3, 0.4) is 0 Å². The van der Waals surface area contributed by atoms with Crippen molar-refractivity contribution < 1.29 is 9.53 Å². The van der Waals surface area contributed by atoms with Gasteiger partial charge in [0.2, 0.25) is 0 Å². The Balaban J connectivity index is 1.91. The highest BCUT2D eigenvalue weighted by atomic mass is 79.9. The zero-order chi connectivity index (χ0) is 19.1. The average Bonchev–Trinajstić information content (AvgIpc) is 2.59. The molecule has 0 aliphatic carbocycles. The van der Waals surface area contributed by atoms with E-state index in [1.807, 2.05) is 18.2 Å². The van der Waals surface area contributed by atoms with Crippen molar-refractivity contribution >= 4 is 50.8 Å². The third-order valence-corrected chi connectivity index (χ3v) is 4.63. The van der Waals surface area contributed by atoms with E-state index in [4.69, 9.17) is 28.6 Å². The van der Waals surface area contributed by atoms with Crippen LogP contribution in [0.1, 0.15) is 29.8 Å². The zero-order valence-corrected chi connectivity index (χ0v) is 17.7. The first-order chi connectivity index (χ1) is 12.4. The van der Waals surface area contributed by atoms with Crippen molar-refractivity contribution in [3.63, 3.8) is 0 Å². The molecule has 0 aliphatic rings. The van der Waals surface area contributed by atoms with Gasteiger partial charge in [0.25, 0.3) is 5.91 Å². The van der Waals surface area contributed by atoms with E-state index < -0.39 is 0 Å². The normalized spacial score (nSPS) is 10.5. The second kappa shape index (κ2) is 9.90. The molecule has 0 aromatic heterocycles. The lowest BCUT2D eigenvalue weighted by Gasteiger charge is -2.13. The monoisotopic (exact) mass is 454 g/mol. The molecule has 0 saturated carbocycles. The summed E-state index contributed by atoms with van der Waals surface area (Å²) in [6.07, 6.45) is 0. The average molecular weight is 456 g/mol. The standard InChI is InChI=1S/C19H20BrClN2O2S/c1-12(2)11-25-17-8-7-13(9-15(17)20)18(24)23-19(26)22-10-14-5-3-4-6-16(14)21/h3-9,12H,10-11H2,1-2H3,(H2,22,23,24,26). The Morgan fingerprint density at radius 1 is 1.27 bits per heavy atom. The van der Waals surface area contributed by atoms with E-state index in [0.717, 1.165) is 10.0 Å². The van der Waals surface area contributed by atoms with E-state index in [1.54, 1.807) is 24.3 Å². The van der Waals surface area contributed by atoms with Crippen LogP contribution >= 0.6 is 39.7 Å². The van der Waals surface area contributed by atoms with Crippen LogP contribution in [0, 0.1) is 5.92 Å². The summed E-state index contributed by atoms with van der Waals surface area (Å²) in [5.41, 5.74) is 1.39. The summed E-state index contributed by atoms with van der Waals surface area (Å²) in [6.45, 7) is 5.20. The number of carbonyl (C=O) groups excluding carboxylic acids is 1. The molecule has 0 saturated heterocycles. The van der Waals surface area contributed by atoms with Crippen LogP contribution in [0.15, 0.2) is 46.9 Å². The smallest absolute Gasteiger partial charge is 0.257 e. The number of benzene rings is 2. The Labute approximate surface area is 172 Å². The molecule has 0 fully saturated rings. The third kappa shape index (κ3) is 6.27. The van der Waals surface area contributed by atoms with Gasteiger partial charge in [-0.3, -0.25) is 10.1 Å². The highest BCUT2D eigenvalue weighted by Gasteiger charge is 2.11. The van der Waals surface area contributed by atoms with E-state index in [-0.39, 0.29) is 11.0 Å². The topological polar surface area (TPSA) is 50.4 Å². The summed E-state index contributed by atoms with van der Waals surface area (Å²) >= 11 is 14.7. The Morgan fingerprint density at radius 3 is 2.65 bits per heavy atom. The fourth-order valence-electron chi connectivity index (χ4n) is 2.05. The largest absolute Gasteiger partial charge is 0.492 e. The lowest BCUT2D eigenvalue weighted by atomic mass is 10.2. The summed E-state index contributed by atoms with van der Waals surface area (Å²) in [5.74, 6) is 0.832. The molecule has 2 aromatic carbocycles. The Bertz CT molecular complexity index is 799. The molecule has 0 bridgehead atoms. The predicted molar refractivity (Wildman–Crippen MR) is 113 cm³/mol. The van der Waals surface area contributed by atoms with E-state index in [1.165, 1.54) is 0 Å². The molecular formula is C19H20BrClN2O2S. The summed E-state index contributed by atoms with van der Waals surface area (Å²) in [5, 5.41) is 6.53. The zero-order valence-electron chi connectivity index (χ0n) is 14.5. The summed E-state index contributed by atoms with van der Waals surface area (Å²) in [6, 6.07) is 12.6. The first-order valence-corrected chi connectivity index (χ1v) is 9.69. The van der Waals surface area contributed by atoms with Crippen LogP contribution in [0.25, 0.3) is 0 Å². The molecule has 0 aliphatic heterocycles. The molecule has 0 spiro atoms. The number of rotatable bonds is 6. The molecule has 0 unspecified atom stereocenters. The van der Waals surface area contributed by atoms with Gasteiger partial charge in [0.1, 0.15) is 5.75 Å². The minimum Gasteiger partial charge on any atom is -0.492 e. The van der Waals surface area contributed by atoms with E-state index in [0.29, 0.717) is 35.4 Å². The summed E-state index contributed by atoms with van der Waals surface area (Å²) in [4.78, 5) is 12.3. The fourth-order valence-corrected chi connectivity index (χ4v) is 2.91. The van der Waals surface area contributed by atoms with Gasteiger partial charge < -0.3 is 10.1 Å². The second-order valence-corrected chi connectivity index (χ2v) is 7.75. The molecule has 0 radical (unpaired) electrons. The van der Waals surface area contributed by atoms with Gasteiger partial charge in [-0.15, -0.1) is 0 Å². The van der Waals surface area contributed by atoms with Crippen molar-refractivity contribution in [2.45, 2.75) is 20.4 Å². The van der Waals surface area contributed by atoms with Gasteiger partial charge in [-0.2, -0.15) is 0 Å². The van der Waals surface area contributed by atoms with Crippen molar-refractivity contribution in [1.29, 1.82) is 0 Å². The minimum absolute atomic E-state index is 0.242. The Kier molecular flexibility index (Phi) is 7.87. The molecule has 26 heavy (non-hydrogen) atoms. The number of ether oxygens (including phenoxy) is 1. The number of hydrogen-bond donors (Lipinski definition) is 2. The number of thiocarbonyl (C=S) groups is 1. The van der Waals surface area contributed by atoms with Crippen LogP contribution < -0.4 is 15.4 Å². The molecule has 4 nitrogen and oxygen atoms in total. The lowest BCUT2D eigenvalue weighted by Crippen LogP contribution is -2.38. The maximum absolute atomic E-state index is 12.3. The fraction of sp³-hybridized carbons (Fsp3) is 0.263. The van der Waals surface area contributed by atoms with E-state index in [9.17, 15) is 4.79 Å². The number of amides is 1. The first-order valence-electron chi connectivity index (χ1n) is 8.11. The summed E-state index contributed by atoms with van der Waals surface area (Å²) in [7, 11) is 0. The number of carbonyl (C=O) groups is 1. The molecule has 0 heterocycles. The number of hydrogen-bond acceptors (Lipinski definition) is 3. The number of halogens is 2. The predicted octanol–water partition coefficient (Wildman–Crippen LogP) is 4.94. The van der Waals surface area contributed by atoms with Gasteiger partial charge in [-0.1, -0.05) is 43.6 Å². The van der Waals surface area contributed by atoms with Crippen LogP contribution in [0.2, 0.25) is 5.02 Å². The van der Waals surface area contributed by atoms with Gasteiger partial charge in [0, 0.05) is 17.1 Å². The minimum atomic E-state index is -0.294. The van der Waals surface area contributed by atoms with Gasteiger partial charge in [-0.05, 0) is 63.9 Å². The van der Waals surface area contributed by atoms with Crippen molar-refractivity contribution in [1.82, 2.24) is 10.6 Å². The molecule has 2 aromatic rings. The molecular weight excluding hydrogens is 436 g/mol. The van der Waals surface area contributed by atoms with Crippen LogP contribution in [0.4, 0.5) is 0 Å². The van der Waals surface area contributed by atoms with Gasteiger partial charge in [0.05, 0.1) is 11.1 Å². The van der Waals surface area contributed by atoms with Gasteiger partial charge in [-0.25, -0.2) is 0 Å². The first kappa shape index (κ1) is 20.7. The highest BCUT2D eigenvalue weighted by molar-refractivity contribution is 9.10. The molecule has 2 rings (SSSR count). The summed E-state index contributed by atoms with van der Waals surface area (Å²) < 4.78 is 6.41.